The van der Waals surface area contributed by atoms with Crippen LogP contribution >= 0.6 is 0 Å². The number of nitrogens with zero attached hydrogens (tertiary/aromatic N) is 2. The Bertz CT molecular complexity index is 2310. The SMILES string of the molecule is c1ccc(-c2ccc3c(c2)-c2ccncc2C3c2ccc(-c3ccc4c(c3)c3ccccc3n4-c3ccccc3)cc2)cc1. The van der Waals surface area contributed by atoms with E-state index >= 15 is 0 Å². The predicted octanol–water partition coefficient (Wildman–Crippen LogP) is 10.7. The Kier molecular flexibility index (Phi) is 5.60. The van der Waals surface area contributed by atoms with Gasteiger partial charge in [-0.15, -0.1) is 0 Å². The van der Waals surface area contributed by atoms with Crippen LogP contribution in [0.3, 0.4) is 0 Å². The van der Waals surface area contributed by atoms with Crippen LogP contribution < -0.4 is 0 Å². The van der Waals surface area contributed by atoms with Crippen LogP contribution in [0.4, 0.5) is 0 Å². The van der Waals surface area contributed by atoms with Crippen LogP contribution in [0, 0.1) is 0 Å². The maximum atomic E-state index is 4.54. The van der Waals surface area contributed by atoms with Crippen LogP contribution in [-0.2, 0) is 0 Å². The molecule has 6 aromatic carbocycles. The fraction of sp³-hybridized carbons (Fsp3) is 0.0238. The molecule has 0 bridgehead atoms. The first kappa shape index (κ1) is 24.8. The van der Waals surface area contributed by atoms with E-state index in [1.807, 2.05) is 12.4 Å². The van der Waals surface area contributed by atoms with Crippen LogP contribution in [-0.4, -0.2) is 9.55 Å². The van der Waals surface area contributed by atoms with Crippen molar-refractivity contribution in [1.29, 1.82) is 0 Å². The minimum Gasteiger partial charge on any atom is -0.309 e. The van der Waals surface area contributed by atoms with Crippen LogP contribution in [0.2, 0.25) is 0 Å². The van der Waals surface area contributed by atoms with Gasteiger partial charge in [0.1, 0.15) is 0 Å². The Balaban J connectivity index is 1.12. The van der Waals surface area contributed by atoms with Crippen molar-refractivity contribution >= 4 is 21.8 Å². The van der Waals surface area contributed by atoms with Gasteiger partial charge in [-0.05, 0) is 92.5 Å². The average molecular weight is 561 g/mol. The summed E-state index contributed by atoms with van der Waals surface area (Å²) in [7, 11) is 0. The number of rotatable bonds is 4. The Morgan fingerprint density at radius 3 is 1.95 bits per heavy atom. The number of aromatic nitrogens is 2. The number of hydrogen-bond acceptors (Lipinski definition) is 1. The zero-order valence-electron chi connectivity index (χ0n) is 24.1. The lowest BCUT2D eigenvalue weighted by molar-refractivity contribution is 1.00. The standard InChI is InChI=1S/C42H28N2/c1-3-9-28(10-4-1)31-19-21-36-37(25-31)34-23-24-43-27-39(34)42(36)30-17-15-29(16-18-30)32-20-22-41-38(26-32)35-13-7-8-14-40(35)44(41)33-11-5-2-6-12-33/h1-27,42H. The van der Waals surface area contributed by atoms with Gasteiger partial charge in [0.2, 0.25) is 0 Å². The van der Waals surface area contributed by atoms with Crippen molar-refractivity contribution in [3.05, 3.63) is 181 Å². The highest BCUT2D eigenvalue weighted by atomic mass is 15.0. The number of fused-ring (bicyclic) bond motifs is 6. The lowest BCUT2D eigenvalue weighted by Gasteiger charge is -2.15. The van der Waals surface area contributed by atoms with Crippen molar-refractivity contribution in [2.45, 2.75) is 5.92 Å². The molecule has 0 N–H and O–H groups in total. The van der Waals surface area contributed by atoms with Crippen LogP contribution in [0.15, 0.2) is 164 Å². The third kappa shape index (κ3) is 3.85. The second-order valence-corrected chi connectivity index (χ2v) is 11.6. The zero-order chi connectivity index (χ0) is 29.0. The molecule has 206 valence electrons. The maximum absolute atomic E-state index is 4.54. The summed E-state index contributed by atoms with van der Waals surface area (Å²) in [5, 5.41) is 2.54. The van der Waals surface area contributed by atoms with E-state index in [0.29, 0.717) is 0 Å². The first-order chi connectivity index (χ1) is 21.8. The zero-order valence-corrected chi connectivity index (χ0v) is 24.1. The minimum absolute atomic E-state index is 0.166. The molecule has 9 rings (SSSR count). The molecule has 0 saturated carbocycles. The summed E-state index contributed by atoms with van der Waals surface area (Å²) >= 11 is 0. The summed E-state index contributed by atoms with van der Waals surface area (Å²) in [5.41, 5.74) is 15.0. The molecule has 2 nitrogen and oxygen atoms in total. The number of para-hydroxylation sites is 2. The molecule has 0 aliphatic heterocycles. The summed E-state index contributed by atoms with van der Waals surface area (Å²) in [6.07, 6.45) is 3.96. The molecule has 1 unspecified atom stereocenters. The summed E-state index contributed by atoms with van der Waals surface area (Å²) in [6, 6.07) is 55.1. The van der Waals surface area contributed by atoms with Gasteiger partial charge in [0.15, 0.2) is 0 Å². The second kappa shape index (κ2) is 9.93. The van der Waals surface area contributed by atoms with E-state index in [1.165, 1.54) is 77.6 Å². The molecular formula is C42H28N2. The molecule has 2 aromatic heterocycles. The summed E-state index contributed by atoms with van der Waals surface area (Å²) < 4.78 is 2.36. The molecule has 1 aliphatic carbocycles. The average Bonchev–Trinajstić information content (AvgIpc) is 3.61. The monoisotopic (exact) mass is 560 g/mol. The fourth-order valence-electron chi connectivity index (χ4n) is 7.14. The van der Waals surface area contributed by atoms with Gasteiger partial charge in [0.05, 0.1) is 11.0 Å². The van der Waals surface area contributed by atoms with E-state index < -0.39 is 0 Å². The third-order valence-corrected chi connectivity index (χ3v) is 9.19. The molecule has 2 heteroatoms. The molecule has 2 heterocycles. The Labute approximate surface area is 256 Å². The predicted molar refractivity (Wildman–Crippen MR) is 182 cm³/mol. The van der Waals surface area contributed by atoms with Crippen molar-refractivity contribution < 1.29 is 0 Å². The summed E-state index contributed by atoms with van der Waals surface area (Å²) in [4.78, 5) is 4.54. The lowest BCUT2D eigenvalue weighted by atomic mass is 9.88. The van der Waals surface area contributed by atoms with Crippen molar-refractivity contribution in [3.63, 3.8) is 0 Å². The van der Waals surface area contributed by atoms with Crippen LogP contribution in [0.5, 0.6) is 0 Å². The Hall–Kier alpha value is -5.73. The van der Waals surface area contributed by atoms with Crippen molar-refractivity contribution in [2.75, 3.05) is 0 Å². The number of pyridine rings is 1. The molecule has 0 spiro atoms. The lowest BCUT2D eigenvalue weighted by Crippen LogP contribution is -1.99. The van der Waals surface area contributed by atoms with Crippen molar-refractivity contribution in [3.8, 4) is 39.1 Å². The van der Waals surface area contributed by atoms with Gasteiger partial charge in [0, 0.05) is 34.8 Å². The van der Waals surface area contributed by atoms with Crippen molar-refractivity contribution in [2.24, 2.45) is 0 Å². The van der Waals surface area contributed by atoms with Gasteiger partial charge in [-0.1, -0.05) is 109 Å². The fourth-order valence-corrected chi connectivity index (χ4v) is 7.14. The van der Waals surface area contributed by atoms with E-state index in [9.17, 15) is 0 Å². The van der Waals surface area contributed by atoms with E-state index in [-0.39, 0.29) is 5.92 Å². The normalized spacial score (nSPS) is 13.7. The molecule has 44 heavy (non-hydrogen) atoms. The first-order valence-electron chi connectivity index (χ1n) is 15.2. The molecule has 1 atom stereocenters. The highest BCUT2D eigenvalue weighted by Crippen LogP contribution is 2.49. The van der Waals surface area contributed by atoms with Gasteiger partial charge in [0.25, 0.3) is 0 Å². The third-order valence-electron chi connectivity index (χ3n) is 9.19. The largest absolute Gasteiger partial charge is 0.309 e. The van der Waals surface area contributed by atoms with Crippen molar-refractivity contribution in [1.82, 2.24) is 9.55 Å². The topological polar surface area (TPSA) is 17.8 Å². The van der Waals surface area contributed by atoms with Gasteiger partial charge >= 0.3 is 0 Å². The molecular weight excluding hydrogens is 532 g/mol. The molecule has 0 fully saturated rings. The summed E-state index contributed by atoms with van der Waals surface area (Å²) in [6.45, 7) is 0. The molecule has 0 radical (unpaired) electrons. The highest BCUT2D eigenvalue weighted by molar-refractivity contribution is 6.10. The second-order valence-electron chi connectivity index (χ2n) is 11.6. The van der Waals surface area contributed by atoms with E-state index in [1.54, 1.807) is 0 Å². The quantitative estimate of drug-likeness (QED) is 0.209. The number of benzene rings is 6. The van der Waals surface area contributed by atoms with Gasteiger partial charge in [-0.3, -0.25) is 4.98 Å². The Morgan fingerprint density at radius 1 is 0.455 bits per heavy atom. The molecule has 0 amide bonds. The summed E-state index contributed by atoms with van der Waals surface area (Å²) in [5.74, 6) is 0.166. The molecule has 8 aromatic rings. The maximum Gasteiger partial charge on any atom is 0.0541 e. The smallest absolute Gasteiger partial charge is 0.0541 e. The van der Waals surface area contributed by atoms with Crippen LogP contribution in [0.25, 0.3) is 60.9 Å². The van der Waals surface area contributed by atoms with Gasteiger partial charge in [-0.2, -0.15) is 0 Å². The van der Waals surface area contributed by atoms with Crippen LogP contribution in [0.1, 0.15) is 22.6 Å². The number of hydrogen-bond donors (Lipinski definition) is 0. The Morgan fingerprint density at radius 2 is 1.11 bits per heavy atom. The van der Waals surface area contributed by atoms with E-state index in [2.05, 4.69) is 161 Å². The van der Waals surface area contributed by atoms with E-state index in [0.717, 1.165) is 0 Å². The molecule has 0 saturated heterocycles. The van der Waals surface area contributed by atoms with Gasteiger partial charge < -0.3 is 4.57 Å². The van der Waals surface area contributed by atoms with Gasteiger partial charge in [-0.25, -0.2) is 0 Å². The first-order valence-corrected chi connectivity index (χ1v) is 15.2. The highest BCUT2D eigenvalue weighted by Gasteiger charge is 2.30. The minimum atomic E-state index is 0.166. The van der Waals surface area contributed by atoms with E-state index in [4.69, 9.17) is 0 Å². The molecule has 1 aliphatic rings.